The maximum atomic E-state index is 15.1. The molecule has 0 unspecified atom stereocenters. The molecule has 5 aromatic carbocycles. The molecule has 7 aromatic rings. The SMILES string of the molecule is N#Cc1cc(C#N)c(-n2c3ccccc3c3c4c5ccccc5n(-c5cc(F)ccc5F)c4ccc32)c(C#N)c1. The van der Waals surface area contributed by atoms with Gasteiger partial charge < -0.3 is 9.13 Å². The third-order valence-corrected chi connectivity index (χ3v) is 7.32. The van der Waals surface area contributed by atoms with Crippen LogP contribution in [0.25, 0.3) is 55.0 Å². The summed E-state index contributed by atoms with van der Waals surface area (Å²) in [6.07, 6.45) is 0. The predicted octanol–water partition coefficient (Wildman–Crippen LogP) is 7.77. The van der Waals surface area contributed by atoms with Gasteiger partial charge in [0.05, 0.1) is 56.2 Å². The number of hydrogen-bond donors (Lipinski definition) is 0. The number of nitrogens with zero attached hydrogens (tertiary/aromatic N) is 5. The Balaban J connectivity index is 1.72. The molecule has 0 aliphatic carbocycles. The van der Waals surface area contributed by atoms with Gasteiger partial charge in [0.2, 0.25) is 0 Å². The molecule has 0 atom stereocenters. The van der Waals surface area contributed by atoms with Crippen molar-refractivity contribution in [3.05, 3.63) is 119 Å². The van der Waals surface area contributed by atoms with E-state index in [1.165, 1.54) is 18.2 Å². The second-order valence-electron chi connectivity index (χ2n) is 9.41. The maximum absolute atomic E-state index is 15.1. The Morgan fingerprint density at radius 2 is 1.10 bits per heavy atom. The van der Waals surface area contributed by atoms with Crippen LogP contribution in [0.3, 0.4) is 0 Å². The molecule has 0 radical (unpaired) electrons. The van der Waals surface area contributed by atoms with Crippen LogP contribution >= 0.6 is 0 Å². The molecule has 186 valence electrons. The first-order valence-electron chi connectivity index (χ1n) is 12.3. The molecular weight excluding hydrogens is 504 g/mol. The summed E-state index contributed by atoms with van der Waals surface area (Å²) < 4.78 is 33.1. The van der Waals surface area contributed by atoms with E-state index in [0.717, 1.165) is 44.7 Å². The van der Waals surface area contributed by atoms with Crippen LogP contribution in [0.2, 0.25) is 0 Å². The summed E-state index contributed by atoms with van der Waals surface area (Å²) in [6, 6.07) is 31.6. The monoisotopic (exact) mass is 519 g/mol. The van der Waals surface area contributed by atoms with Gasteiger partial charge in [-0.1, -0.05) is 36.4 Å². The molecule has 0 fully saturated rings. The van der Waals surface area contributed by atoms with Crippen LogP contribution in [0.4, 0.5) is 8.78 Å². The van der Waals surface area contributed by atoms with Crippen molar-refractivity contribution in [2.75, 3.05) is 0 Å². The molecule has 7 rings (SSSR count). The van der Waals surface area contributed by atoms with Gasteiger partial charge >= 0.3 is 0 Å². The lowest BCUT2D eigenvalue weighted by atomic mass is 10.0. The highest BCUT2D eigenvalue weighted by Crippen LogP contribution is 2.43. The number of rotatable bonds is 2. The van der Waals surface area contributed by atoms with Gasteiger partial charge in [-0.25, -0.2) is 8.78 Å². The van der Waals surface area contributed by atoms with Crippen molar-refractivity contribution in [2.45, 2.75) is 0 Å². The summed E-state index contributed by atoms with van der Waals surface area (Å²) in [5, 5.41) is 32.9. The number of aromatic nitrogens is 2. The number of fused-ring (bicyclic) bond motifs is 7. The Morgan fingerprint density at radius 1 is 0.550 bits per heavy atom. The zero-order valence-electron chi connectivity index (χ0n) is 20.7. The average Bonchev–Trinajstić information content (AvgIpc) is 3.50. The Hall–Kier alpha value is -5.97. The van der Waals surface area contributed by atoms with Gasteiger partial charge in [0.15, 0.2) is 0 Å². The zero-order chi connectivity index (χ0) is 27.5. The number of halogens is 2. The van der Waals surface area contributed by atoms with Gasteiger partial charge in [-0.15, -0.1) is 0 Å². The van der Waals surface area contributed by atoms with Gasteiger partial charge in [-0.05, 0) is 48.5 Å². The average molecular weight is 520 g/mol. The lowest BCUT2D eigenvalue weighted by Gasteiger charge is -2.13. The minimum atomic E-state index is -0.554. The minimum absolute atomic E-state index is 0.0971. The van der Waals surface area contributed by atoms with E-state index in [1.54, 1.807) is 4.57 Å². The fourth-order valence-electron chi connectivity index (χ4n) is 5.79. The smallest absolute Gasteiger partial charge is 0.147 e. The zero-order valence-corrected chi connectivity index (χ0v) is 20.7. The fourth-order valence-corrected chi connectivity index (χ4v) is 5.79. The number of benzene rings is 5. The molecule has 0 amide bonds. The first kappa shape index (κ1) is 23.2. The van der Waals surface area contributed by atoms with E-state index in [0.29, 0.717) is 16.7 Å². The normalized spacial score (nSPS) is 11.2. The van der Waals surface area contributed by atoms with Gasteiger partial charge in [-0.3, -0.25) is 0 Å². The summed E-state index contributed by atoms with van der Waals surface area (Å²) >= 11 is 0. The summed E-state index contributed by atoms with van der Waals surface area (Å²) in [7, 11) is 0. The third kappa shape index (κ3) is 3.08. The molecular formula is C33H15F2N5. The van der Waals surface area contributed by atoms with Gasteiger partial charge in [0, 0.05) is 27.6 Å². The van der Waals surface area contributed by atoms with Gasteiger partial charge in [0.25, 0.3) is 0 Å². The summed E-state index contributed by atoms with van der Waals surface area (Å²) in [4.78, 5) is 0. The largest absolute Gasteiger partial charge is 0.307 e. The molecule has 2 heterocycles. The van der Waals surface area contributed by atoms with Crippen LogP contribution < -0.4 is 0 Å². The molecule has 5 nitrogen and oxygen atoms in total. The minimum Gasteiger partial charge on any atom is -0.307 e. The molecule has 7 heteroatoms. The van der Waals surface area contributed by atoms with E-state index >= 15 is 4.39 Å². The lowest BCUT2D eigenvalue weighted by Crippen LogP contribution is -2.02. The Kier molecular flexibility index (Phi) is 4.94. The topological polar surface area (TPSA) is 81.2 Å². The highest BCUT2D eigenvalue weighted by atomic mass is 19.1. The highest BCUT2D eigenvalue weighted by molar-refractivity contribution is 6.29. The summed E-state index contributed by atoms with van der Waals surface area (Å²) in [5.41, 5.74) is 3.98. The van der Waals surface area contributed by atoms with Crippen molar-refractivity contribution in [3.63, 3.8) is 0 Å². The van der Waals surface area contributed by atoms with E-state index in [2.05, 4.69) is 12.1 Å². The Morgan fingerprint density at radius 3 is 1.68 bits per heavy atom. The van der Waals surface area contributed by atoms with Crippen LogP contribution in [0.5, 0.6) is 0 Å². The van der Waals surface area contributed by atoms with Gasteiger partial charge in [-0.2, -0.15) is 15.8 Å². The van der Waals surface area contributed by atoms with Crippen LogP contribution in [0.1, 0.15) is 16.7 Å². The Labute approximate surface area is 226 Å². The second-order valence-corrected chi connectivity index (χ2v) is 9.41. The molecule has 0 aliphatic heterocycles. The van der Waals surface area contributed by atoms with Crippen LogP contribution in [0, 0.1) is 45.6 Å². The predicted molar refractivity (Wildman–Crippen MR) is 149 cm³/mol. The van der Waals surface area contributed by atoms with E-state index in [1.807, 2.05) is 71.3 Å². The quantitative estimate of drug-likeness (QED) is 0.234. The van der Waals surface area contributed by atoms with Crippen molar-refractivity contribution >= 4 is 43.6 Å². The molecule has 0 N–H and O–H groups in total. The van der Waals surface area contributed by atoms with Crippen molar-refractivity contribution in [1.29, 1.82) is 15.8 Å². The van der Waals surface area contributed by atoms with Crippen molar-refractivity contribution in [3.8, 4) is 29.6 Å². The van der Waals surface area contributed by atoms with E-state index in [4.69, 9.17) is 0 Å². The maximum Gasteiger partial charge on any atom is 0.147 e. The molecule has 2 aromatic heterocycles. The number of nitriles is 3. The van der Waals surface area contributed by atoms with Crippen LogP contribution in [-0.2, 0) is 0 Å². The molecule has 0 saturated heterocycles. The molecule has 0 spiro atoms. The van der Waals surface area contributed by atoms with E-state index in [9.17, 15) is 20.2 Å². The summed E-state index contributed by atoms with van der Waals surface area (Å²) in [6.45, 7) is 0. The Bertz CT molecular complexity index is 2300. The first-order valence-corrected chi connectivity index (χ1v) is 12.3. The van der Waals surface area contributed by atoms with Gasteiger partial charge in [0.1, 0.15) is 23.8 Å². The summed E-state index contributed by atoms with van der Waals surface area (Å²) in [5.74, 6) is -1.10. The van der Waals surface area contributed by atoms with Crippen molar-refractivity contribution < 1.29 is 8.78 Å². The standard InChI is InChI=1S/C33H15F2N5/c34-22-9-10-25(35)30(15-22)39-26-7-3-1-5-23(26)31-28(39)11-12-29-32(31)24-6-2-4-8-27(24)40(29)33-20(17-37)13-19(16-36)14-21(33)18-38/h1-15H. The van der Waals surface area contributed by atoms with Crippen molar-refractivity contribution in [2.24, 2.45) is 0 Å². The highest BCUT2D eigenvalue weighted by Gasteiger charge is 2.24. The fraction of sp³-hybridized carbons (Fsp3) is 0. The molecule has 40 heavy (non-hydrogen) atoms. The second kappa shape index (κ2) is 8.53. The van der Waals surface area contributed by atoms with Crippen LogP contribution in [-0.4, -0.2) is 9.13 Å². The molecule has 0 bridgehead atoms. The lowest BCUT2D eigenvalue weighted by molar-refractivity contribution is 0.595. The third-order valence-electron chi connectivity index (χ3n) is 7.32. The van der Waals surface area contributed by atoms with E-state index < -0.39 is 11.6 Å². The van der Waals surface area contributed by atoms with Crippen molar-refractivity contribution in [1.82, 2.24) is 9.13 Å². The first-order chi connectivity index (χ1) is 19.5. The number of para-hydroxylation sites is 2. The number of hydrogen-bond acceptors (Lipinski definition) is 3. The van der Waals surface area contributed by atoms with Crippen LogP contribution in [0.15, 0.2) is 91.0 Å². The van der Waals surface area contributed by atoms with E-state index in [-0.39, 0.29) is 22.4 Å². The molecule has 0 aliphatic rings. The molecule has 0 saturated carbocycles.